The van der Waals surface area contributed by atoms with Crippen LogP contribution in [0.15, 0.2) is 72.9 Å². The van der Waals surface area contributed by atoms with Gasteiger partial charge < -0.3 is 19.4 Å². The van der Waals surface area contributed by atoms with Crippen molar-refractivity contribution in [2.45, 2.75) is 57.0 Å². The zero-order chi connectivity index (χ0) is 26.5. The van der Waals surface area contributed by atoms with Gasteiger partial charge in [-0.05, 0) is 59.9 Å². The highest BCUT2D eigenvalue weighted by Gasteiger charge is 2.25. The summed E-state index contributed by atoms with van der Waals surface area (Å²) >= 11 is 0. The number of methoxy groups -OCH3 is 2. The van der Waals surface area contributed by atoms with Gasteiger partial charge >= 0.3 is 0 Å². The van der Waals surface area contributed by atoms with Crippen molar-refractivity contribution in [2.75, 3.05) is 14.2 Å². The number of halogens is 1. The van der Waals surface area contributed by atoms with Crippen molar-refractivity contribution in [1.82, 2.24) is 9.88 Å². The summed E-state index contributed by atoms with van der Waals surface area (Å²) in [4.78, 5) is 13.4. The maximum Gasteiger partial charge on any atom is 0.221 e. The maximum atomic E-state index is 13.5. The lowest BCUT2D eigenvalue weighted by Gasteiger charge is -2.25. The third-order valence-electron chi connectivity index (χ3n) is 7.60. The smallest absolute Gasteiger partial charge is 0.221 e. The molecule has 0 unspecified atom stereocenters. The summed E-state index contributed by atoms with van der Waals surface area (Å²) in [6, 6.07) is 20.9. The summed E-state index contributed by atoms with van der Waals surface area (Å²) in [5.74, 6) is 0.975. The molecule has 1 aliphatic carbocycles. The van der Waals surface area contributed by atoms with Gasteiger partial charge in [-0.1, -0.05) is 49.6 Å². The van der Waals surface area contributed by atoms with Gasteiger partial charge in [-0.3, -0.25) is 4.79 Å². The molecule has 0 bridgehead atoms. The van der Waals surface area contributed by atoms with Crippen molar-refractivity contribution < 1.29 is 18.7 Å². The average molecular weight is 515 g/mol. The molecule has 6 heteroatoms. The Morgan fingerprint density at radius 1 is 0.974 bits per heavy atom. The second-order valence-electron chi connectivity index (χ2n) is 10.2. The lowest BCUT2D eigenvalue weighted by Crippen LogP contribution is -2.36. The molecule has 1 N–H and O–H groups in total. The highest BCUT2D eigenvalue weighted by Crippen LogP contribution is 2.38. The Kier molecular flexibility index (Phi) is 7.97. The molecule has 1 atom stereocenters. The van der Waals surface area contributed by atoms with Crippen molar-refractivity contribution in [1.29, 1.82) is 0 Å². The molecule has 1 saturated carbocycles. The van der Waals surface area contributed by atoms with Gasteiger partial charge in [0.25, 0.3) is 0 Å². The van der Waals surface area contributed by atoms with Crippen LogP contribution in [0, 0.1) is 5.82 Å². The molecule has 0 saturated heterocycles. The number of carbonyl (C=O) groups excluding carboxylic acids is 1. The molecule has 198 valence electrons. The fourth-order valence-corrected chi connectivity index (χ4v) is 5.63. The number of rotatable bonds is 9. The first-order valence-electron chi connectivity index (χ1n) is 13.4. The molecule has 0 radical (unpaired) electrons. The Morgan fingerprint density at radius 3 is 2.34 bits per heavy atom. The van der Waals surface area contributed by atoms with Crippen LogP contribution in [0.2, 0.25) is 0 Å². The fraction of sp³-hybridized carbons (Fsp3) is 0.344. The number of nitrogens with one attached hydrogen (secondary N) is 1. The highest BCUT2D eigenvalue weighted by molar-refractivity contribution is 5.87. The number of nitrogens with zero attached hydrogens (tertiary/aromatic N) is 1. The quantitative estimate of drug-likeness (QED) is 0.267. The summed E-state index contributed by atoms with van der Waals surface area (Å²) in [6.45, 7) is 0.600. The zero-order valence-corrected chi connectivity index (χ0v) is 22.1. The van der Waals surface area contributed by atoms with Gasteiger partial charge in [0.2, 0.25) is 5.91 Å². The van der Waals surface area contributed by atoms with Gasteiger partial charge in [-0.15, -0.1) is 0 Å². The molecule has 38 heavy (non-hydrogen) atoms. The van der Waals surface area contributed by atoms with Crippen LogP contribution in [0.5, 0.6) is 11.5 Å². The van der Waals surface area contributed by atoms with E-state index in [2.05, 4.69) is 28.2 Å². The van der Waals surface area contributed by atoms with E-state index in [4.69, 9.17) is 9.47 Å². The van der Waals surface area contributed by atoms with Crippen LogP contribution in [0.4, 0.5) is 4.39 Å². The first-order valence-corrected chi connectivity index (χ1v) is 13.4. The van der Waals surface area contributed by atoms with Gasteiger partial charge in [0.1, 0.15) is 17.3 Å². The summed E-state index contributed by atoms with van der Waals surface area (Å²) in [5, 5.41) is 4.39. The summed E-state index contributed by atoms with van der Waals surface area (Å²) in [5.41, 5.74) is 4.11. The first kappa shape index (κ1) is 25.8. The van der Waals surface area contributed by atoms with Gasteiger partial charge in [-0.25, -0.2) is 4.39 Å². The van der Waals surface area contributed by atoms with Crippen molar-refractivity contribution in [3.05, 3.63) is 95.4 Å². The number of benzene rings is 3. The van der Waals surface area contributed by atoms with Gasteiger partial charge in [0.05, 0.1) is 14.2 Å². The molecule has 0 spiro atoms. The Labute approximate surface area is 223 Å². The Hall–Kier alpha value is -3.80. The Balaban J connectivity index is 1.56. The normalized spacial score (nSPS) is 14.8. The van der Waals surface area contributed by atoms with E-state index in [-0.39, 0.29) is 23.7 Å². The van der Waals surface area contributed by atoms with Crippen molar-refractivity contribution in [2.24, 2.45) is 0 Å². The van der Waals surface area contributed by atoms with Crippen LogP contribution in [-0.4, -0.2) is 30.7 Å². The second kappa shape index (κ2) is 11.7. The molecule has 1 heterocycles. The largest absolute Gasteiger partial charge is 0.497 e. The van der Waals surface area contributed by atoms with Crippen LogP contribution in [0.1, 0.15) is 61.1 Å². The molecule has 1 aliphatic rings. The standard InChI is InChI=1S/C32H35FN2O3/c1-37-26-16-23(17-27(18-26)38-2)29(19-32(36)34-25-8-4-3-5-9-25)30-21-35(31-11-7-6-10-28(30)31)20-22-12-14-24(33)15-13-22/h6-7,10-18,21,25,29H,3-5,8-9,19-20H2,1-2H3,(H,34,36)/t29-/m0/s1. The van der Waals surface area contributed by atoms with Crippen LogP contribution in [0.3, 0.4) is 0 Å². The molecule has 5 nitrogen and oxygen atoms in total. The van der Waals surface area contributed by atoms with E-state index in [9.17, 15) is 9.18 Å². The van der Waals surface area contributed by atoms with Crippen molar-refractivity contribution in [3.8, 4) is 11.5 Å². The highest BCUT2D eigenvalue weighted by atomic mass is 19.1. The van der Waals surface area contributed by atoms with E-state index in [0.717, 1.165) is 40.4 Å². The molecular weight excluding hydrogens is 479 g/mol. The van der Waals surface area contributed by atoms with E-state index >= 15 is 0 Å². The van der Waals surface area contributed by atoms with Crippen LogP contribution in [0.25, 0.3) is 10.9 Å². The van der Waals surface area contributed by atoms with Crippen LogP contribution < -0.4 is 14.8 Å². The maximum absolute atomic E-state index is 13.5. The molecule has 3 aromatic carbocycles. The molecule has 1 fully saturated rings. The monoisotopic (exact) mass is 514 g/mol. The number of amides is 1. The Bertz CT molecular complexity index is 1370. The van der Waals surface area contributed by atoms with Gasteiger partial charge in [0.15, 0.2) is 0 Å². The summed E-state index contributed by atoms with van der Waals surface area (Å²) < 4.78 is 26.9. The van der Waals surface area contributed by atoms with Crippen LogP contribution in [-0.2, 0) is 11.3 Å². The lowest BCUT2D eigenvalue weighted by molar-refractivity contribution is -0.122. The molecule has 4 aromatic rings. The van der Waals surface area contributed by atoms with E-state index < -0.39 is 0 Å². The van der Waals surface area contributed by atoms with Crippen LogP contribution >= 0.6 is 0 Å². The van der Waals surface area contributed by atoms with Crippen molar-refractivity contribution in [3.63, 3.8) is 0 Å². The SMILES string of the molecule is COc1cc(OC)cc([C@H](CC(=O)NC2CCCCC2)c2cn(Cc3ccc(F)cc3)c3ccccc23)c1. The topological polar surface area (TPSA) is 52.5 Å². The minimum atomic E-state index is -0.247. The minimum absolute atomic E-state index is 0.0547. The average Bonchev–Trinajstić information content (AvgIpc) is 3.31. The predicted molar refractivity (Wildman–Crippen MR) is 148 cm³/mol. The fourth-order valence-electron chi connectivity index (χ4n) is 5.63. The number of hydrogen-bond acceptors (Lipinski definition) is 3. The molecular formula is C32H35FN2O3. The number of carbonyl (C=O) groups is 1. The number of aromatic nitrogens is 1. The molecule has 0 aliphatic heterocycles. The van der Waals surface area contributed by atoms with Gasteiger partial charge in [-0.2, -0.15) is 0 Å². The third-order valence-corrected chi connectivity index (χ3v) is 7.60. The number of para-hydroxylation sites is 1. The summed E-state index contributed by atoms with van der Waals surface area (Å²) in [6.07, 6.45) is 8.11. The van der Waals surface area contributed by atoms with E-state index in [1.807, 2.05) is 42.5 Å². The summed E-state index contributed by atoms with van der Waals surface area (Å²) in [7, 11) is 3.27. The first-order chi connectivity index (χ1) is 18.5. The number of fused-ring (bicyclic) bond motifs is 1. The van der Waals surface area contributed by atoms with E-state index in [1.54, 1.807) is 14.2 Å². The van der Waals surface area contributed by atoms with Gasteiger partial charge in [0, 0.05) is 48.1 Å². The second-order valence-corrected chi connectivity index (χ2v) is 10.2. The minimum Gasteiger partial charge on any atom is -0.497 e. The Morgan fingerprint density at radius 2 is 1.66 bits per heavy atom. The molecule has 1 amide bonds. The lowest BCUT2D eigenvalue weighted by atomic mass is 9.87. The zero-order valence-electron chi connectivity index (χ0n) is 22.1. The van der Waals surface area contributed by atoms with Crippen molar-refractivity contribution >= 4 is 16.8 Å². The van der Waals surface area contributed by atoms with E-state index in [0.29, 0.717) is 24.5 Å². The van der Waals surface area contributed by atoms with E-state index in [1.165, 1.54) is 31.4 Å². The molecule has 5 rings (SSSR count). The molecule has 1 aromatic heterocycles. The predicted octanol–water partition coefficient (Wildman–Crippen LogP) is 6.82. The third kappa shape index (κ3) is 5.85. The number of hydrogen-bond donors (Lipinski definition) is 1. The number of ether oxygens (including phenoxy) is 2.